The molecule has 0 saturated heterocycles. The summed E-state index contributed by atoms with van der Waals surface area (Å²) in [6.45, 7) is 9.00. The van der Waals surface area contributed by atoms with Gasteiger partial charge < -0.3 is 5.11 Å². The van der Waals surface area contributed by atoms with Crippen molar-refractivity contribution >= 4 is 0 Å². The van der Waals surface area contributed by atoms with Crippen molar-refractivity contribution in [3.63, 3.8) is 0 Å². The molecule has 78 valence electrons. The van der Waals surface area contributed by atoms with Crippen LogP contribution in [0, 0.1) is 5.41 Å². The Hall–Kier alpha value is -0.980. The van der Waals surface area contributed by atoms with Crippen molar-refractivity contribution in [3.05, 3.63) is 29.8 Å². The van der Waals surface area contributed by atoms with E-state index in [0.717, 1.165) is 6.42 Å². The van der Waals surface area contributed by atoms with Crippen molar-refractivity contribution in [1.29, 1.82) is 0 Å². The van der Waals surface area contributed by atoms with Crippen LogP contribution in [0.15, 0.2) is 24.3 Å². The van der Waals surface area contributed by atoms with E-state index in [1.54, 1.807) is 12.1 Å². The van der Waals surface area contributed by atoms with Crippen LogP contribution in [0.1, 0.15) is 45.6 Å². The minimum Gasteiger partial charge on any atom is -0.508 e. The highest BCUT2D eigenvalue weighted by atomic mass is 16.3. The molecule has 1 N–H and O–H groups in total. The minimum absolute atomic E-state index is 0.344. The van der Waals surface area contributed by atoms with Gasteiger partial charge in [0.1, 0.15) is 5.75 Å². The first-order valence-corrected chi connectivity index (χ1v) is 5.17. The third kappa shape index (κ3) is 3.41. The van der Waals surface area contributed by atoms with Crippen LogP contribution in [-0.4, -0.2) is 5.11 Å². The minimum atomic E-state index is 0.344. The predicted octanol–water partition coefficient (Wildman–Crippen LogP) is 3.93. The third-order valence-corrected chi connectivity index (χ3v) is 2.38. The molecule has 0 bridgehead atoms. The molecule has 0 saturated carbocycles. The first-order chi connectivity index (χ1) is 6.38. The van der Waals surface area contributed by atoms with E-state index < -0.39 is 0 Å². The van der Waals surface area contributed by atoms with Gasteiger partial charge in [0.05, 0.1) is 0 Å². The Bertz CT molecular complexity index is 279. The molecule has 14 heavy (non-hydrogen) atoms. The maximum Gasteiger partial charge on any atom is 0.115 e. The molecule has 1 rings (SSSR count). The molecule has 0 spiro atoms. The maximum atomic E-state index is 9.17. The lowest BCUT2D eigenvalue weighted by atomic mass is 9.82. The number of rotatable bonds is 2. The summed E-state index contributed by atoms with van der Waals surface area (Å²) in [7, 11) is 0. The summed E-state index contributed by atoms with van der Waals surface area (Å²) in [5.41, 5.74) is 1.66. The van der Waals surface area contributed by atoms with Crippen molar-refractivity contribution in [2.75, 3.05) is 0 Å². The van der Waals surface area contributed by atoms with Crippen LogP contribution < -0.4 is 0 Å². The fraction of sp³-hybridized carbons (Fsp3) is 0.538. The Labute approximate surface area is 86.8 Å². The van der Waals surface area contributed by atoms with E-state index in [4.69, 9.17) is 0 Å². The molecule has 1 heteroatoms. The van der Waals surface area contributed by atoms with E-state index in [-0.39, 0.29) is 0 Å². The van der Waals surface area contributed by atoms with Gasteiger partial charge in [-0.15, -0.1) is 0 Å². The molecule has 0 unspecified atom stereocenters. The predicted molar refractivity (Wildman–Crippen MR) is 60.6 cm³/mol. The second-order valence-electron chi connectivity index (χ2n) is 5.26. The number of aromatic hydroxyl groups is 1. The van der Waals surface area contributed by atoms with Crippen LogP contribution in [0.2, 0.25) is 0 Å². The van der Waals surface area contributed by atoms with Crippen molar-refractivity contribution in [3.8, 4) is 5.75 Å². The molecule has 0 amide bonds. The summed E-state index contributed by atoms with van der Waals surface area (Å²) in [4.78, 5) is 0. The van der Waals surface area contributed by atoms with Gasteiger partial charge >= 0.3 is 0 Å². The van der Waals surface area contributed by atoms with Crippen LogP contribution in [0.3, 0.4) is 0 Å². The molecule has 0 aliphatic heterocycles. The van der Waals surface area contributed by atoms with E-state index in [2.05, 4.69) is 27.7 Å². The number of phenols is 1. The van der Waals surface area contributed by atoms with Crippen molar-refractivity contribution < 1.29 is 5.11 Å². The monoisotopic (exact) mass is 192 g/mol. The van der Waals surface area contributed by atoms with Gasteiger partial charge in [-0.3, -0.25) is 0 Å². The lowest BCUT2D eigenvalue weighted by molar-refractivity contribution is 0.348. The zero-order valence-corrected chi connectivity index (χ0v) is 9.54. The van der Waals surface area contributed by atoms with E-state index >= 15 is 0 Å². The topological polar surface area (TPSA) is 20.2 Å². The van der Waals surface area contributed by atoms with Crippen LogP contribution in [-0.2, 0) is 0 Å². The van der Waals surface area contributed by atoms with Crippen molar-refractivity contribution in [2.24, 2.45) is 5.41 Å². The zero-order chi connectivity index (χ0) is 10.8. The fourth-order valence-corrected chi connectivity index (χ4v) is 1.84. The quantitative estimate of drug-likeness (QED) is 0.752. The lowest BCUT2D eigenvalue weighted by Crippen LogP contribution is -2.09. The van der Waals surface area contributed by atoms with Crippen LogP contribution in [0.5, 0.6) is 5.75 Å². The average molecular weight is 192 g/mol. The maximum absolute atomic E-state index is 9.17. The van der Waals surface area contributed by atoms with Gasteiger partial charge in [-0.2, -0.15) is 0 Å². The molecule has 0 radical (unpaired) electrons. The molecule has 1 aromatic carbocycles. The SMILES string of the molecule is C[C@@H](CC(C)(C)C)c1ccc(O)cc1. The lowest BCUT2D eigenvalue weighted by Gasteiger charge is -2.23. The molecule has 0 heterocycles. The van der Waals surface area contributed by atoms with E-state index in [1.807, 2.05) is 12.1 Å². The summed E-state index contributed by atoms with van der Waals surface area (Å²) in [5, 5.41) is 9.17. The second kappa shape index (κ2) is 4.04. The van der Waals surface area contributed by atoms with Crippen molar-refractivity contribution in [2.45, 2.75) is 40.0 Å². The number of hydrogen-bond acceptors (Lipinski definition) is 1. The Morgan fingerprint density at radius 3 is 2.07 bits per heavy atom. The van der Waals surface area contributed by atoms with Gasteiger partial charge in [-0.25, -0.2) is 0 Å². The van der Waals surface area contributed by atoms with Crippen LogP contribution in [0.25, 0.3) is 0 Å². The first kappa shape index (κ1) is 11.1. The Morgan fingerprint density at radius 1 is 1.14 bits per heavy atom. The number of hydrogen-bond donors (Lipinski definition) is 1. The second-order valence-corrected chi connectivity index (χ2v) is 5.26. The molecular formula is C13H20O. The fourth-order valence-electron chi connectivity index (χ4n) is 1.84. The molecule has 0 aliphatic carbocycles. The largest absolute Gasteiger partial charge is 0.508 e. The van der Waals surface area contributed by atoms with Gasteiger partial charge in [0.15, 0.2) is 0 Å². The molecule has 0 aromatic heterocycles. The highest BCUT2D eigenvalue weighted by Gasteiger charge is 2.16. The average Bonchev–Trinajstić information content (AvgIpc) is 2.02. The smallest absolute Gasteiger partial charge is 0.115 e. The third-order valence-electron chi connectivity index (χ3n) is 2.38. The summed E-state index contributed by atoms with van der Waals surface area (Å²) in [5.74, 6) is 0.896. The molecule has 1 aromatic rings. The zero-order valence-electron chi connectivity index (χ0n) is 9.54. The summed E-state index contributed by atoms with van der Waals surface area (Å²) >= 11 is 0. The molecule has 1 atom stereocenters. The molecule has 0 fully saturated rings. The molecular weight excluding hydrogens is 172 g/mol. The highest BCUT2D eigenvalue weighted by Crippen LogP contribution is 2.31. The van der Waals surface area contributed by atoms with E-state index in [9.17, 15) is 5.11 Å². The van der Waals surface area contributed by atoms with Gasteiger partial charge in [0.25, 0.3) is 0 Å². The first-order valence-electron chi connectivity index (χ1n) is 5.17. The Kier molecular flexibility index (Phi) is 3.20. The van der Waals surface area contributed by atoms with E-state index in [0.29, 0.717) is 17.1 Å². The Morgan fingerprint density at radius 2 is 1.64 bits per heavy atom. The van der Waals surface area contributed by atoms with Gasteiger partial charge in [-0.1, -0.05) is 39.8 Å². The number of phenolic OH excluding ortho intramolecular Hbond substituents is 1. The number of benzene rings is 1. The standard InChI is InChI=1S/C13H20O/c1-10(9-13(2,3)4)11-5-7-12(14)8-6-11/h5-8,10,14H,9H2,1-4H3/t10-/m0/s1. The summed E-state index contributed by atoms with van der Waals surface area (Å²) in [6.07, 6.45) is 1.16. The van der Waals surface area contributed by atoms with E-state index in [1.165, 1.54) is 5.56 Å². The normalized spacial score (nSPS) is 14.0. The summed E-state index contributed by atoms with van der Waals surface area (Å²) < 4.78 is 0. The highest BCUT2D eigenvalue weighted by molar-refractivity contribution is 5.28. The Balaban J connectivity index is 2.70. The molecule has 0 aliphatic rings. The summed E-state index contributed by atoms with van der Waals surface area (Å²) in [6, 6.07) is 7.53. The van der Waals surface area contributed by atoms with Gasteiger partial charge in [0.2, 0.25) is 0 Å². The van der Waals surface area contributed by atoms with Gasteiger partial charge in [-0.05, 0) is 35.4 Å². The van der Waals surface area contributed by atoms with Crippen LogP contribution in [0.4, 0.5) is 0 Å². The van der Waals surface area contributed by atoms with Crippen molar-refractivity contribution in [1.82, 2.24) is 0 Å². The van der Waals surface area contributed by atoms with Crippen LogP contribution >= 0.6 is 0 Å². The van der Waals surface area contributed by atoms with Gasteiger partial charge in [0, 0.05) is 0 Å². The molecule has 1 nitrogen and oxygen atoms in total.